The number of carbonyl (C=O) groups is 2. The van der Waals surface area contributed by atoms with Crippen LogP contribution in [0.25, 0.3) is 0 Å². The summed E-state index contributed by atoms with van der Waals surface area (Å²) in [7, 11) is 0. The molecule has 2 aromatic carbocycles. The monoisotopic (exact) mass is 342 g/mol. The number of ether oxygens (including phenoxy) is 1. The van der Waals surface area contributed by atoms with Crippen molar-refractivity contribution < 1.29 is 14.3 Å². The third-order valence-corrected chi connectivity index (χ3v) is 3.51. The molecule has 1 N–H and O–H groups in total. The van der Waals surface area contributed by atoms with Crippen LogP contribution in [0.5, 0.6) is 0 Å². The topological polar surface area (TPSA) is 79.2 Å². The average molecular weight is 343 g/mol. The number of nitriles is 1. The van der Waals surface area contributed by atoms with Gasteiger partial charge in [0, 0.05) is 11.6 Å². The predicted molar refractivity (Wildman–Crippen MR) is 89.3 cm³/mol. The lowest BCUT2D eigenvalue weighted by molar-refractivity contribution is -0.129. The van der Waals surface area contributed by atoms with Gasteiger partial charge in [0.1, 0.15) is 0 Å². The number of hydrogen-bond donors (Lipinski definition) is 1. The summed E-state index contributed by atoms with van der Waals surface area (Å²) >= 11 is 5.80. The molecule has 0 saturated carbocycles. The van der Waals surface area contributed by atoms with Crippen LogP contribution in [0.1, 0.15) is 28.4 Å². The minimum Gasteiger partial charge on any atom is -0.449 e. The van der Waals surface area contributed by atoms with Gasteiger partial charge < -0.3 is 10.1 Å². The highest BCUT2D eigenvalue weighted by atomic mass is 35.5. The van der Waals surface area contributed by atoms with Crippen LogP contribution in [-0.4, -0.2) is 18.0 Å². The van der Waals surface area contributed by atoms with E-state index in [2.05, 4.69) is 5.32 Å². The van der Waals surface area contributed by atoms with Crippen molar-refractivity contribution >= 4 is 23.5 Å². The number of esters is 1. The lowest BCUT2D eigenvalue weighted by Gasteiger charge is -2.13. The highest BCUT2D eigenvalue weighted by molar-refractivity contribution is 6.30. The molecular weight excluding hydrogens is 328 g/mol. The van der Waals surface area contributed by atoms with E-state index in [-0.39, 0.29) is 5.56 Å². The quantitative estimate of drug-likeness (QED) is 0.847. The standard InChI is InChI=1S/C18H15ClN2O3/c1-12(17(22)21-11-13-5-7-16(19)8-6-13)24-18(23)15-4-2-3-14(9-15)10-20/h2-9,12H,11H2,1H3,(H,21,22). The second kappa shape index (κ2) is 8.14. The van der Waals surface area contributed by atoms with E-state index in [1.54, 1.807) is 36.4 Å². The summed E-state index contributed by atoms with van der Waals surface area (Å²) in [6.45, 7) is 1.80. The molecule has 2 rings (SSSR count). The first-order chi connectivity index (χ1) is 11.5. The minimum absolute atomic E-state index is 0.228. The van der Waals surface area contributed by atoms with Crippen molar-refractivity contribution in [1.29, 1.82) is 5.26 Å². The molecule has 0 bridgehead atoms. The summed E-state index contributed by atoms with van der Waals surface area (Å²) in [5, 5.41) is 12.1. The second-order valence-electron chi connectivity index (χ2n) is 5.08. The number of halogens is 1. The molecule has 0 heterocycles. The number of carbonyl (C=O) groups excluding carboxylic acids is 2. The van der Waals surface area contributed by atoms with Gasteiger partial charge in [0.2, 0.25) is 0 Å². The van der Waals surface area contributed by atoms with Crippen LogP contribution in [0.3, 0.4) is 0 Å². The first-order valence-corrected chi connectivity index (χ1v) is 7.60. The third-order valence-electron chi connectivity index (χ3n) is 3.26. The molecule has 6 heteroatoms. The van der Waals surface area contributed by atoms with Gasteiger partial charge >= 0.3 is 5.97 Å². The van der Waals surface area contributed by atoms with Crippen LogP contribution >= 0.6 is 11.6 Å². The van der Waals surface area contributed by atoms with Gasteiger partial charge in [0.25, 0.3) is 5.91 Å². The largest absolute Gasteiger partial charge is 0.449 e. The maximum absolute atomic E-state index is 12.0. The van der Waals surface area contributed by atoms with Crippen molar-refractivity contribution in [1.82, 2.24) is 5.32 Å². The molecule has 0 fully saturated rings. The Morgan fingerprint density at radius 2 is 1.96 bits per heavy atom. The molecule has 0 aromatic heterocycles. The van der Waals surface area contributed by atoms with Gasteiger partial charge in [-0.3, -0.25) is 4.79 Å². The van der Waals surface area contributed by atoms with Crippen molar-refractivity contribution in [3.63, 3.8) is 0 Å². The average Bonchev–Trinajstić information content (AvgIpc) is 2.60. The molecule has 0 aliphatic heterocycles. The second-order valence-corrected chi connectivity index (χ2v) is 5.52. The number of rotatable bonds is 5. The zero-order valence-electron chi connectivity index (χ0n) is 13.0. The van der Waals surface area contributed by atoms with Crippen LogP contribution in [0, 0.1) is 11.3 Å². The van der Waals surface area contributed by atoms with Crippen LogP contribution in [0.15, 0.2) is 48.5 Å². The predicted octanol–water partition coefficient (Wildman–Crippen LogP) is 3.07. The Kier molecular flexibility index (Phi) is 5.94. The fourth-order valence-corrected chi connectivity index (χ4v) is 2.06. The maximum atomic E-state index is 12.0. The Bertz CT molecular complexity index is 782. The molecule has 0 aliphatic rings. The van der Waals surface area contributed by atoms with E-state index in [4.69, 9.17) is 21.6 Å². The first-order valence-electron chi connectivity index (χ1n) is 7.23. The summed E-state index contributed by atoms with van der Waals surface area (Å²) in [5.41, 5.74) is 1.46. The summed E-state index contributed by atoms with van der Waals surface area (Å²) < 4.78 is 5.12. The van der Waals surface area contributed by atoms with Gasteiger partial charge in [0.05, 0.1) is 17.2 Å². The van der Waals surface area contributed by atoms with Crippen LogP contribution < -0.4 is 5.32 Å². The van der Waals surface area contributed by atoms with Crippen LogP contribution in [-0.2, 0) is 16.1 Å². The van der Waals surface area contributed by atoms with E-state index in [0.717, 1.165) is 5.56 Å². The molecule has 0 aliphatic carbocycles. The Labute approximate surface area is 144 Å². The molecule has 0 saturated heterocycles. The molecule has 2 aromatic rings. The van der Waals surface area contributed by atoms with Crippen molar-refractivity contribution in [2.75, 3.05) is 0 Å². The first kappa shape index (κ1) is 17.5. The Morgan fingerprint density at radius 1 is 1.25 bits per heavy atom. The van der Waals surface area contributed by atoms with Gasteiger partial charge in [-0.2, -0.15) is 5.26 Å². The zero-order valence-corrected chi connectivity index (χ0v) is 13.7. The van der Waals surface area contributed by atoms with E-state index >= 15 is 0 Å². The molecule has 0 radical (unpaired) electrons. The molecule has 122 valence electrons. The Balaban J connectivity index is 1.89. The van der Waals surface area contributed by atoms with Gasteiger partial charge in [-0.15, -0.1) is 0 Å². The lowest BCUT2D eigenvalue weighted by atomic mass is 10.1. The fraction of sp³-hybridized carbons (Fsp3) is 0.167. The highest BCUT2D eigenvalue weighted by Gasteiger charge is 2.18. The minimum atomic E-state index is -0.949. The van der Waals surface area contributed by atoms with E-state index in [1.165, 1.54) is 19.1 Å². The molecular formula is C18H15ClN2O3. The molecule has 1 unspecified atom stereocenters. The van der Waals surface area contributed by atoms with E-state index in [1.807, 2.05) is 6.07 Å². The third kappa shape index (κ3) is 4.83. The fourth-order valence-electron chi connectivity index (χ4n) is 1.93. The zero-order chi connectivity index (χ0) is 17.5. The molecule has 0 spiro atoms. The summed E-state index contributed by atoms with van der Waals surface area (Å²) in [4.78, 5) is 24.0. The van der Waals surface area contributed by atoms with Gasteiger partial charge in [-0.05, 0) is 42.8 Å². The molecule has 1 amide bonds. The van der Waals surface area contributed by atoms with Gasteiger partial charge in [-0.25, -0.2) is 4.79 Å². The Hall–Kier alpha value is -2.84. The smallest absolute Gasteiger partial charge is 0.338 e. The van der Waals surface area contributed by atoms with E-state index in [0.29, 0.717) is 17.1 Å². The van der Waals surface area contributed by atoms with Crippen molar-refractivity contribution in [3.05, 3.63) is 70.2 Å². The van der Waals surface area contributed by atoms with Gasteiger partial charge in [-0.1, -0.05) is 29.8 Å². The lowest BCUT2D eigenvalue weighted by Crippen LogP contribution is -2.35. The summed E-state index contributed by atoms with van der Waals surface area (Å²) in [6, 6.07) is 15.1. The van der Waals surface area contributed by atoms with Crippen LogP contribution in [0.4, 0.5) is 0 Å². The van der Waals surface area contributed by atoms with E-state index in [9.17, 15) is 9.59 Å². The molecule has 5 nitrogen and oxygen atoms in total. The number of nitrogens with one attached hydrogen (secondary N) is 1. The highest BCUT2D eigenvalue weighted by Crippen LogP contribution is 2.10. The Morgan fingerprint density at radius 3 is 2.62 bits per heavy atom. The van der Waals surface area contributed by atoms with Crippen molar-refractivity contribution in [2.45, 2.75) is 19.6 Å². The number of hydrogen-bond acceptors (Lipinski definition) is 4. The number of nitrogens with zero attached hydrogens (tertiary/aromatic N) is 1. The molecule has 24 heavy (non-hydrogen) atoms. The van der Waals surface area contributed by atoms with Crippen molar-refractivity contribution in [2.24, 2.45) is 0 Å². The van der Waals surface area contributed by atoms with Crippen molar-refractivity contribution in [3.8, 4) is 6.07 Å². The number of benzene rings is 2. The SMILES string of the molecule is CC(OC(=O)c1cccc(C#N)c1)C(=O)NCc1ccc(Cl)cc1. The number of amides is 1. The van der Waals surface area contributed by atoms with E-state index < -0.39 is 18.0 Å². The van der Waals surface area contributed by atoms with Crippen LogP contribution in [0.2, 0.25) is 5.02 Å². The summed E-state index contributed by atoms with van der Waals surface area (Å²) in [5.74, 6) is -1.06. The maximum Gasteiger partial charge on any atom is 0.338 e. The summed E-state index contributed by atoms with van der Waals surface area (Å²) in [6.07, 6.45) is -0.949. The van der Waals surface area contributed by atoms with Gasteiger partial charge in [0.15, 0.2) is 6.10 Å². The molecule has 1 atom stereocenters. The normalized spacial score (nSPS) is 11.2.